The molecule has 0 saturated carbocycles. The molecule has 1 N–H and O–H groups in total. The molecule has 1 aliphatic heterocycles. The molecule has 0 unspecified atom stereocenters. The van der Waals surface area contributed by atoms with Crippen LogP contribution < -0.4 is 0 Å². The van der Waals surface area contributed by atoms with Gasteiger partial charge in [0.25, 0.3) is 11.8 Å². The van der Waals surface area contributed by atoms with E-state index in [1.807, 2.05) is 0 Å². The van der Waals surface area contributed by atoms with Gasteiger partial charge in [-0.1, -0.05) is 24.3 Å². The molecule has 1 aliphatic rings. The van der Waals surface area contributed by atoms with Crippen molar-refractivity contribution in [1.82, 2.24) is 5.06 Å². The number of hydroxylamine groups is 2. The van der Waals surface area contributed by atoms with Crippen LogP contribution in [0.5, 0.6) is 0 Å². The van der Waals surface area contributed by atoms with Crippen molar-refractivity contribution in [3.63, 3.8) is 0 Å². The number of benzene rings is 2. The van der Waals surface area contributed by atoms with Gasteiger partial charge in [0, 0.05) is 5.39 Å². The zero-order valence-corrected chi connectivity index (χ0v) is 11.3. The van der Waals surface area contributed by atoms with Crippen molar-refractivity contribution in [2.75, 3.05) is 5.94 Å². The summed E-state index contributed by atoms with van der Waals surface area (Å²) in [6, 6.07) is 9.67. The number of carbonyl (C=O) groups excluding carboxylic acids is 2. The molecule has 108 valence electrons. The summed E-state index contributed by atoms with van der Waals surface area (Å²) >= 11 is 0. The smallest absolute Gasteiger partial charge is 0.312 e. The van der Waals surface area contributed by atoms with E-state index in [-0.39, 0.29) is 16.2 Å². The van der Waals surface area contributed by atoms with Gasteiger partial charge in [-0.2, -0.15) is 8.42 Å². The minimum atomic E-state index is -4.42. The molecular formula is C13H9NO6S. The zero-order chi connectivity index (χ0) is 15.2. The van der Waals surface area contributed by atoms with Crippen molar-refractivity contribution in [3.8, 4) is 0 Å². The predicted octanol–water partition coefficient (Wildman–Crippen LogP) is 0.647. The van der Waals surface area contributed by atoms with E-state index in [0.717, 1.165) is 0 Å². The maximum atomic E-state index is 12.2. The Morgan fingerprint density at radius 2 is 1.52 bits per heavy atom. The summed E-state index contributed by atoms with van der Waals surface area (Å²) in [5, 5.41) is 9.98. The molecule has 2 aromatic carbocycles. The van der Waals surface area contributed by atoms with Crippen LogP contribution in [0.4, 0.5) is 0 Å². The molecule has 0 bridgehead atoms. The Morgan fingerprint density at radius 3 is 2.00 bits per heavy atom. The molecule has 8 heteroatoms. The maximum Gasteiger partial charge on any atom is 0.312 e. The summed E-state index contributed by atoms with van der Waals surface area (Å²) in [6.07, 6.45) is 0. The van der Waals surface area contributed by atoms with Crippen molar-refractivity contribution >= 4 is 32.7 Å². The summed E-state index contributed by atoms with van der Waals surface area (Å²) in [5.74, 6) is -3.11. The fourth-order valence-electron chi connectivity index (χ4n) is 2.21. The minimum Gasteiger partial charge on any atom is -0.378 e. The van der Waals surface area contributed by atoms with E-state index in [4.69, 9.17) is 5.11 Å². The Kier molecular flexibility index (Phi) is 3.01. The molecule has 0 spiro atoms. The number of carbonyl (C=O) groups is 2. The van der Waals surface area contributed by atoms with Crippen LogP contribution in [0.3, 0.4) is 0 Å². The molecule has 7 nitrogen and oxygen atoms in total. The first-order chi connectivity index (χ1) is 9.94. The SMILES string of the molecule is O=C1c2cccc3cccc(c23)C(=O)N1OS(=O)(=O)CO. The van der Waals surface area contributed by atoms with Gasteiger partial charge in [0.15, 0.2) is 5.94 Å². The third kappa shape index (κ3) is 2.09. The van der Waals surface area contributed by atoms with Crippen molar-refractivity contribution in [1.29, 1.82) is 0 Å². The third-order valence-corrected chi connectivity index (χ3v) is 3.77. The average Bonchev–Trinajstić information content (AvgIpc) is 2.49. The summed E-state index contributed by atoms with van der Waals surface area (Å²) in [6.45, 7) is 0. The molecular weight excluding hydrogens is 298 g/mol. The summed E-state index contributed by atoms with van der Waals surface area (Å²) in [4.78, 5) is 24.5. The predicted molar refractivity (Wildman–Crippen MR) is 71.5 cm³/mol. The summed E-state index contributed by atoms with van der Waals surface area (Å²) in [5.41, 5.74) is 0.326. The van der Waals surface area contributed by atoms with Crippen LogP contribution in [0.25, 0.3) is 10.8 Å². The quantitative estimate of drug-likeness (QED) is 0.835. The Bertz CT molecular complexity index is 823. The Morgan fingerprint density at radius 1 is 1.00 bits per heavy atom. The minimum absolute atomic E-state index is 0.155. The van der Waals surface area contributed by atoms with Crippen molar-refractivity contribution in [3.05, 3.63) is 47.5 Å². The highest BCUT2D eigenvalue weighted by atomic mass is 32.2. The fraction of sp³-hybridized carbons (Fsp3) is 0.0769. The van der Waals surface area contributed by atoms with E-state index in [1.165, 1.54) is 12.1 Å². The van der Waals surface area contributed by atoms with Crippen LogP contribution in [0, 0.1) is 0 Å². The van der Waals surface area contributed by atoms with Gasteiger partial charge in [-0.05, 0) is 17.5 Å². The largest absolute Gasteiger partial charge is 0.378 e. The molecule has 3 rings (SSSR count). The molecule has 0 atom stereocenters. The third-order valence-electron chi connectivity index (χ3n) is 3.08. The molecule has 2 amide bonds. The second kappa shape index (κ2) is 4.62. The van der Waals surface area contributed by atoms with Gasteiger partial charge < -0.3 is 5.11 Å². The molecule has 0 radical (unpaired) electrons. The zero-order valence-electron chi connectivity index (χ0n) is 10.5. The first-order valence-corrected chi connectivity index (χ1v) is 7.46. The standard InChI is InChI=1S/C13H9NO6S/c15-7-21(18,19)20-14-12(16)9-5-1-3-8-4-2-6-10(11(8)9)13(14)17/h1-6,15H,7H2. The molecule has 0 fully saturated rings. The van der Waals surface area contributed by atoms with Crippen molar-refractivity contribution in [2.24, 2.45) is 0 Å². The van der Waals surface area contributed by atoms with Gasteiger partial charge in [0.05, 0.1) is 11.1 Å². The first kappa shape index (κ1) is 13.7. The lowest BCUT2D eigenvalue weighted by Gasteiger charge is -2.24. The number of aliphatic hydroxyl groups excluding tert-OH is 1. The second-order valence-electron chi connectivity index (χ2n) is 4.38. The monoisotopic (exact) mass is 307 g/mol. The van der Waals surface area contributed by atoms with E-state index in [2.05, 4.69) is 4.28 Å². The van der Waals surface area contributed by atoms with E-state index >= 15 is 0 Å². The Balaban J connectivity index is 2.20. The topological polar surface area (TPSA) is 101 Å². The molecule has 1 heterocycles. The lowest BCUT2D eigenvalue weighted by Crippen LogP contribution is -2.42. The van der Waals surface area contributed by atoms with Gasteiger partial charge in [-0.3, -0.25) is 9.59 Å². The number of hydrogen-bond acceptors (Lipinski definition) is 6. The molecule has 0 aliphatic carbocycles. The number of imide groups is 1. The van der Waals surface area contributed by atoms with Crippen LogP contribution in [-0.2, 0) is 14.4 Å². The summed E-state index contributed by atoms with van der Waals surface area (Å²) in [7, 11) is -4.42. The van der Waals surface area contributed by atoms with E-state index in [0.29, 0.717) is 10.8 Å². The average molecular weight is 307 g/mol. The molecule has 21 heavy (non-hydrogen) atoms. The van der Waals surface area contributed by atoms with Crippen molar-refractivity contribution < 1.29 is 27.4 Å². The van der Waals surface area contributed by atoms with Gasteiger partial charge >= 0.3 is 10.1 Å². The van der Waals surface area contributed by atoms with E-state index in [1.54, 1.807) is 24.3 Å². The van der Waals surface area contributed by atoms with Gasteiger partial charge in [-0.15, -0.1) is 9.35 Å². The number of amides is 2. The van der Waals surface area contributed by atoms with Crippen LogP contribution >= 0.6 is 0 Å². The highest BCUT2D eigenvalue weighted by Gasteiger charge is 2.36. The van der Waals surface area contributed by atoms with Crippen LogP contribution in [0.2, 0.25) is 0 Å². The van der Waals surface area contributed by atoms with Gasteiger partial charge in [-0.25, -0.2) is 0 Å². The second-order valence-corrected chi connectivity index (χ2v) is 5.90. The lowest BCUT2D eigenvalue weighted by atomic mass is 9.95. The Hall–Kier alpha value is -2.29. The fourth-order valence-corrected chi connectivity index (χ4v) is 2.62. The normalized spacial score (nSPS) is 14.8. The molecule has 2 aromatic rings. The molecule has 0 saturated heterocycles. The first-order valence-electron chi connectivity index (χ1n) is 5.88. The lowest BCUT2D eigenvalue weighted by molar-refractivity contribution is -0.0168. The Labute approximate surface area is 119 Å². The van der Waals surface area contributed by atoms with Crippen LogP contribution in [0.1, 0.15) is 20.7 Å². The molecule has 0 aromatic heterocycles. The number of rotatable bonds is 3. The maximum absolute atomic E-state index is 12.2. The van der Waals surface area contributed by atoms with Crippen LogP contribution in [-0.4, -0.2) is 36.3 Å². The highest BCUT2D eigenvalue weighted by Crippen LogP contribution is 2.30. The van der Waals surface area contributed by atoms with E-state index in [9.17, 15) is 18.0 Å². The number of hydrogen-bond donors (Lipinski definition) is 1. The highest BCUT2D eigenvalue weighted by molar-refractivity contribution is 7.86. The number of aliphatic hydroxyl groups is 1. The summed E-state index contributed by atoms with van der Waals surface area (Å²) < 4.78 is 27.0. The van der Waals surface area contributed by atoms with Crippen LogP contribution in [0.15, 0.2) is 36.4 Å². The van der Waals surface area contributed by atoms with Crippen molar-refractivity contribution in [2.45, 2.75) is 0 Å². The van der Waals surface area contributed by atoms with E-state index < -0.39 is 27.9 Å². The van der Waals surface area contributed by atoms with Gasteiger partial charge in [0.2, 0.25) is 0 Å². The number of nitrogens with zero attached hydrogens (tertiary/aromatic N) is 1. The van der Waals surface area contributed by atoms with Gasteiger partial charge in [0.1, 0.15) is 0 Å².